The number of amides is 2. The second kappa shape index (κ2) is 8.93. The smallest absolute Gasteiger partial charge is 0.242 e. The summed E-state index contributed by atoms with van der Waals surface area (Å²) in [6, 6.07) is 7.31. The lowest BCUT2D eigenvalue weighted by atomic mass is 10.1. The molecule has 22 heavy (non-hydrogen) atoms. The molecule has 4 nitrogen and oxygen atoms in total. The van der Waals surface area contributed by atoms with Gasteiger partial charge in [0.1, 0.15) is 6.04 Å². The summed E-state index contributed by atoms with van der Waals surface area (Å²) in [6.45, 7) is 8.74. The molecule has 0 fully saturated rings. The minimum absolute atomic E-state index is 0.0184. The van der Waals surface area contributed by atoms with Crippen LogP contribution in [0.1, 0.15) is 39.7 Å². The number of carbonyl (C=O) groups is 2. The number of nitrogens with zero attached hydrogens (tertiary/aromatic N) is 1. The molecule has 1 aromatic carbocycles. The minimum Gasteiger partial charge on any atom is -0.354 e. The van der Waals surface area contributed by atoms with E-state index in [0.717, 1.165) is 10.0 Å². The van der Waals surface area contributed by atoms with Gasteiger partial charge in [-0.05, 0) is 30.5 Å². The van der Waals surface area contributed by atoms with Crippen LogP contribution in [0.15, 0.2) is 28.7 Å². The number of halogens is 1. The average molecular weight is 369 g/mol. The number of carbonyl (C=O) groups excluding carboxylic acids is 2. The van der Waals surface area contributed by atoms with Gasteiger partial charge in [-0.1, -0.05) is 48.8 Å². The summed E-state index contributed by atoms with van der Waals surface area (Å²) in [6.07, 6.45) is 0.387. The van der Waals surface area contributed by atoms with Gasteiger partial charge in [-0.3, -0.25) is 9.59 Å². The molecular weight excluding hydrogens is 344 g/mol. The van der Waals surface area contributed by atoms with E-state index in [1.807, 2.05) is 45.0 Å². The molecule has 1 rings (SSSR count). The van der Waals surface area contributed by atoms with E-state index in [1.165, 1.54) is 0 Å². The molecule has 5 heteroatoms. The van der Waals surface area contributed by atoms with E-state index in [-0.39, 0.29) is 11.8 Å². The Bertz CT molecular complexity index is 500. The fourth-order valence-corrected chi connectivity index (χ4v) is 2.29. The number of hydrogen-bond acceptors (Lipinski definition) is 2. The zero-order valence-corrected chi connectivity index (χ0v) is 15.3. The maximum atomic E-state index is 12.2. The average Bonchev–Trinajstić information content (AvgIpc) is 2.50. The Labute approximate surface area is 141 Å². The molecule has 0 spiro atoms. The van der Waals surface area contributed by atoms with Gasteiger partial charge in [0.05, 0.1) is 0 Å². The molecule has 2 amide bonds. The van der Waals surface area contributed by atoms with Crippen molar-refractivity contribution in [3.63, 3.8) is 0 Å². The lowest BCUT2D eigenvalue weighted by Crippen LogP contribution is -2.48. The number of hydrogen-bond donors (Lipinski definition) is 1. The molecule has 0 aliphatic heterocycles. The normalized spacial score (nSPS) is 12.1. The summed E-state index contributed by atoms with van der Waals surface area (Å²) < 4.78 is 0.993. The highest BCUT2D eigenvalue weighted by atomic mass is 79.9. The van der Waals surface area contributed by atoms with Gasteiger partial charge in [-0.25, -0.2) is 0 Å². The van der Waals surface area contributed by atoms with Crippen molar-refractivity contribution < 1.29 is 9.59 Å². The number of benzene rings is 1. The minimum atomic E-state index is -0.477. The molecule has 1 N–H and O–H groups in total. The van der Waals surface area contributed by atoms with Crippen LogP contribution in [-0.4, -0.2) is 29.3 Å². The fourth-order valence-electron chi connectivity index (χ4n) is 2.02. The molecule has 0 heterocycles. The van der Waals surface area contributed by atoms with Crippen molar-refractivity contribution >= 4 is 27.7 Å². The Morgan fingerprint density at radius 1 is 1.18 bits per heavy atom. The summed E-state index contributed by atoms with van der Waals surface area (Å²) in [5, 5.41) is 2.90. The fraction of sp³-hybridized carbons (Fsp3) is 0.529. The first-order valence-electron chi connectivity index (χ1n) is 7.66. The van der Waals surface area contributed by atoms with Gasteiger partial charge in [0.15, 0.2) is 0 Å². The highest BCUT2D eigenvalue weighted by molar-refractivity contribution is 9.10. The summed E-state index contributed by atoms with van der Waals surface area (Å²) in [5.74, 6) is 0.265. The van der Waals surface area contributed by atoms with Crippen LogP contribution >= 0.6 is 15.9 Å². The van der Waals surface area contributed by atoms with Gasteiger partial charge in [0.25, 0.3) is 0 Å². The summed E-state index contributed by atoms with van der Waals surface area (Å²) in [7, 11) is 0. The van der Waals surface area contributed by atoms with Crippen molar-refractivity contribution in [2.24, 2.45) is 5.92 Å². The molecule has 0 aliphatic rings. The lowest BCUT2D eigenvalue weighted by Gasteiger charge is -2.28. The van der Waals surface area contributed by atoms with Crippen molar-refractivity contribution in [2.75, 3.05) is 6.54 Å². The first-order chi connectivity index (χ1) is 10.3. The zero-order valence-electron chi connectivity index (χ0n) is 13.7. The number of nitrogens with one attached hydrogen (secondary N) is 1. The zero-order chi connectivity index (χ0) is 16.7. The van der Waals surface area contributed by atoms with Gasteiger partial charge in [-0.15, -0.1) is 0 Å². The molecule has 0 aromatic heterocycles. The van der Waals surface area contributed by atoms with Gasteiger partial charge < -0.3 is 10.2 Å². The first-order valence-corrected chi connectivity index (χ1v) is 8.46. The Hall–Kier alpha value is -1.36. The van der Waals surface area contributed by atoms with E-state index in [9.17, 15) is 9.59 Å². The molecule has 1 aromatic rings. The Balaban J connectivity index is 2.81. The van der Waals surface area contributed by atoms with Gasteiger partial charge in [0, 0.05) is 24.0 Å². The van der Waals surface area contributed by atoms with Crippen LogP contribution in [0.4, 0.5) is 0 Å². The van der Waals surface area contributed by atoms with Crippen molar-refractivity contribution in [1.82, 2.24) is 10.2 Å². The van der Waals surface area contributed by atoms with E-state index in [1.54, 1.807) is 11.8 Å². The summed E-state index contributed by atoms with van der Waals surface area (Å²) in [4.78, 5) is 26.1. The molecule has 0 saturated heterocycles. The van der Waals surface area contributed by atoms with Crippen LogP contribution in [0.3, 0.4) is 0 Å². The molecular formula is C17H25BrN2O2. The first kappa shape index (κ1) is 18.7. The molecule has 122 valence electrons. The van der Waals surface area contributed by atoms with E-state index < -0.39 is 6.04 Å². The van der Waals surface area contributed by atoms with Gasteiger partial charge >= 0.3 is 0 Å². The van der Waals surface area contributed by atoms with Crippen LogP contribution in [0, 0.1) is 5.92 Å². The van der Waals surface area contributed by atoms with Crippen molar-refractivity contribution in [3.8, 4) is 0 Å². The topological polar surface area (TPSA) is 49.4 Å². The molecule has 0 bridgehead atoms. The standard InChI is InChI=1S/C17H25BrN2O2/c1-5-16(21)20(11-14-6-8-15(18)9-7-14)13(4)17(22)19-10-12(2)3/h6-9,12-13H,5,10-11H2,1-4H3,(H,19,22). The Morgan fingerprint density at radius 2 is 1.77 bits per heavy atom. The highest BCUT2D eigenvalue weighted by Crippen LogP contribution is 2.14. The van der Waals surface area contributed by atoms with Gasteiger partial charge in [0.2, 0.25) is 11.8 Å². The number of rotatable bonds is 7. The van der Waals surface area contributed by atoms with Gasteiger partial charge in [-0.2, -0.15) is 0 Å². The van der Waals surface area contributed by atoms with Crippen LogP contribution < -0.4 is 5.32 Å². The van der Waals surface area contributed by atoms with Crippen LogP contribution in [-0.2, 0) is 16.1 Å². The summed E-state index contributed by atoms with van der Waals surface area (Å²) >= 11 is 3.40. The largest absolute Gasteiger partial charge is 0.354 e. The SMILES string of the molecule is CCC(=O)N(Cc1ccc(Br)cc1)C(C)C(=O)NCC(C)C. The van der Waals surface area contributed by atoms with Crippen molar-refractivity contribution in [1.29, 1.82) is 0 Å². The highest BCUT2D eigenvalue weighted by Gasteiger charge is 2.24. The van der Waals surface area contributed by atoms with E-state index >= 15 is 0 Å². The van der Waals surface area contributed by atoms with E-state index in [2.05, 4.69) is 21.2 Å². The molecule has 0 radical (unpaired) electrons. The Morgan fingerprint density at radius 3 is 2.27 bits per heavy atom. The second-order valence-electron chi connectivity index (χ2n) is 5.82. The third-order valence-corrected chi connectivity index (χ3v) is 3.95. The Kier molecular flexibility index (Phi) is 7.59. The summed E-state index contributed by atoms with van der Waals surface area (Å²) in [5.41, 5.74) is 1.01. The third-order valence-electron chi connectivity index (χ3n) is 3.42. The maximum Gasteiger partial charge on any atom is 0.242 e. The maximum absolute atomic E-state index is 12.2. The van der Waals surface area contributed by atoms with Crippen molar-refractivity contribution in [3.05, 3.63) is 34.3 Å². The monoisotopic (exact) mass is 368 g/mol. The van der Waals surface area contributed by atoms with E-state index in [4.69, 9.17) is 0 Å². The quantitative estimate of drug-likeness (QED) is 0.801. The third kappa shape index (κ3) is 5.79. The predicted molar refractivity (Wildman–Crippen MR) is 92.3 cm³/mol. The molecule has 0 saturated carbocycles. The molecule has 1 unspecified atom stereocenters. The van der Waals surface area contributed by atoms with Crippen LogP contribution in [0.25, 0.3) is 0 Å². The van der Waals surface area contributed by atoms with Crippen LogP contribution in [0.2, 0.25) is 0 Å². The lowest BCUT2D eigenvalue weighted by molar-refractivity contribution is -0.140. The predicted octanol–water partition coefficient (Wildman–Crippen LogP) is 3.35. The van der Waals surface area contributed by atoms with Crippen LogP contribution in [0.5, 0.6) is 0 Å². The van der Waals surface area contributed by atoms with Crippen molar-refractivity contribution in [2.45, 2.75) is 46.7 Å². The second-order valence-corrected chi connectivity index (χ2v) is 6.73. The van der Waals surface area contributed by atoms with E-state index in [0.29, 0.717) is 25.4 Å². The molecule has 1 atom stereocenters. The molecule has 0 aliphatic carbocycles.